The van der Waals surface area contributed by atoms with Gasteiger partial charge in [-0.2, -0.15) is 0 Å². The molecule has 1 aromatic carbocycles. The van der Waals surface area contributed by atoms with Crippen LogP contribution in [0.3, 0.4) is 0 Å². The third-order valence-corrected chi connectivity index (χ3v) is 2.79. The van der Waals surface area contributed by atoms with E-state index in [0.29, 0.717) is 19.7 Å². The lowest BCUT2D eigenvalue weighted by Gasteiger charge is -2.24. The molecule has 106 valence electrons. The van der Waals surface area contributed by atoms with Crippen molar-refractivity contribution in [3.05, 3.63) is 35.9 Å². The zero-order valence-electron chi connectivity index (χ0n) is 11.7. The lowest BCUT2D eigenvalue weighted by Crippen LogP contribution is -2.35. The van der Waals surface area contributed by atoms with Gasteiger partial charge in [-0.05, 0) is 18.4 Å². The van der Waals surface area contributed by atoms with E-state index in [1.165, 1.54) is 0 Å². The number of carbonyl (C=O) groups is 1. The summed E-state index contributed by atoms with van der Waals surface area (Å²) in [5, 5.41) is 9.14. The van der Waals surface area contributed by atoms with Gasteiger partial charge in [0.25, 0.3) is 0 Å². The van der Waals surface area contributed by atoms with E-state index in [1.54, 1.807) is 6.92 Å². The molecule has 0 radical (unpaired) electrons. The van der Waals surface area contributed by atoms with Crippen LogP contribution in [0, 0.1) is 5.92 Å². The Labute approximate surface area is 115 Å². The molecule has 0 amide bonds. The molecule has 0 fully saturated rings. The van der Waals surface area contributed by atoms with E-state index < -0.39 is 0 Å². The summed E-state index contributed by atoms with van der Waals surface area (Å²) in [6.45, 7) is 5.89. The van der Waals surface area contributed by atoms with Crippen LogP contribution >= 0.6 is 0 Å². The number of ether oxygens (including phenoxy) is 1. The average molecular weight is 265 g/mol. The maximum absolute atomic E-state index is 11.6. The van der Waals surface area contributed by atoms with Crippen LogP contribution in [-0.4, -0.2) is 42.3 Å². The van der Waals surface area contributed by atoms with Crippen LogP contribution in [0.25, 0.3) is 0 Å². The quantitative estimate of drug-likeness (QED) is 0.727. The van der Waals surface area contributed by atoms with Gasteiger partial charge in [0.2, 0.25) is 0 Å². The summed E-state index contributed by atoms with van der Waals surface area (Å²) in [7, 11) is 0. The summed E-state index contributed by atoms with van der Waals surface area (Å²) in [6, 6.07) is 9.99. The summed E-state index contributed by atoms with van der Waals surface area (Å²) >= 11 is 0. The van der Waals surface area contributed by atoms with Crippen molar-refractivity contribution in [3.63, 3.8) is 0 Å². The molecule has 0 heterocycles. The summed E-state index contributed by atoms with van der Waals surface area (Å²) in [4.78, 5) is 13.6. The summed E-state index contributed by atoms with van der Waals surface area (Å²) in [5.74, 6) is -0.0818. The molecule has 4 nitrogen and oxygen atoms in total. The molecule has 1 aromatic rings. The van der Waals surface area contributed by atoms with Gasteiger partial charge in [0, 0.05) is 19.7 Å². The van der Waals surface area contributed by atoms with Crippen molar-refractivity contribution in [2.24, 2.45) is 5.92 Å². The fraction of sp³-hybridized carbons (Fsp3) is 0.533. The summed E-state index contributed by atoms with van der Waals surface area (Å²) in [6.07, 6.45) is 0. The smallest absolute Gasteiger partial charge is 0.320 e. The molecular weight excluding hydrogens is 242 g/mol. The molecule has 0 aliphatic rings. The second-order valence-electron chi connectivity index (χ2n) is 4.75. The highest BCUT2D eigenvalue weighted by Crippen LogP contribution is 2.07. The first-order valence-corrected chi connectivity index (χ1v) is 6.68. The van der Waals surface area contributed by atoms with E-state index in [1.807, 2.05) is 42.2 Å². The molecule has 0 aliphatic heterocycles. The number of hydrogen-bond donors (Lipinski definition) is 1. The molecule has 1 unspecified atom stereocenters. The Morgan fingerprint density at radius 3 is 2.63 bits per heavy atom. The van der Waals surface area contributed by atoms with Crippen LogP contribution in [0.4, 0.5) is 0 Å². The molecule has 1 atom stereocenters. The van der Waals surface area contributed by atoms with Gasteiger partial charge >= 0.3 is 5.97 Å². The largest absolute Gasteiger partial charge is 0.465 e. The lowest BCUT2D eigenvalue weighted by molar-refractivity contribution is -0.144. The Balaban J connectivity index is 2.60. The second-order valence-corrected chi connectivity index (χ2v) is 4.75. The van der Waals surface area contributed by atoms with Crippen molar-refractivity contribution in [2.75, 3.05) is 26.3 Å². The van der Waals surface area contributed by atoms with Gasteiger partial charge in [-0.3, -0.25) is 9.69 Å². The van der Waals surface area contributed by atoms with Gasteiger partial charge < -0.3 is 9.84 Å². The number of benzene rings is 1. The predicted molar refractivity (Wildman–Crippen MR) is 74.6 cm³/mol. The molecule has 4 heteroatoms. The van der Waals surface area contributed by atoms with Crippen LogP contribution in [0.1, 0.15) is 19.4 Å². The van der Waals surface area contributed by atoms with Crippen LogP contribution in [-0.2, 0) is 16.1 Å². The highest BCUT2D eigenvalue weighted by molar-refractivity contribution is 5.71. The maximum Gasteiger partial charge on any atom is 0.320 e. The molecule has 0 saturated heterocycles. The Kier molecular flexibility index (Phi) is 7.15. The molecule has 0 aromatic heterocycles. The molecule has 0 bridgehead atoms. The Hall–Kier alpha value is -1.39. The fourth-order valence-corrected chi connectivity index (χ4v) is 1.91. The highest BCUT2D eigenvalue weighted by Gasteiger charge is 2.14. The van der Waals surface area contributed by atoms with Gasteiger partial charge in [-0.15, -0.1) is 0 Å². The number of rotatable bonds is 8. The summed E-state index contributed by atoms with van der Waals surface area (Å²) in [5.41, 5.74) is 1.15. The first-order chi connectivity index (χ1) is 9.15. The number of aliphatic hydroxyl groups excluding tert-OH is 1. The fourth-order valence-electron chi connectivity index (χ4n) is 1.91. The van der Waals surface area contributed by atoms with Crippen LogP contribution in [0.2, 0.25) is 0 Å². The molecule has 1 N–H and O–H groups in total. The van der Waals surface area contributed by atoms with E-state index in [0.717, 1.165) is 5.56 Å². The second kappa shape index (κ2) is 8.67. The number of aliphatic hydroxyl groups is 1. The van der Waals surface area contributed by atoms with Gasteiger partial charge in [0.05, 0.1) is 13.2 Å². The normalized spacial score (nSPS) is 12.4. The standard InChI is InChI=1S/C15H23NO3/c1-3-19-15(18)11-16(9-13(2)12-17)10-14-7-5-4-6-8-14/h4-8,13,17H,3,9-12H2,1-2H3. The highest BCUT2D eigenvalue weighted by atomic mass is 16.5. The third kappa shape index (κ3) is 6.36. The Bertz CT molecular complexity index is 367. The zero-order chi connectivity index (χ0) is 14.1. The van der Waals surface area contributed by atoms with Crippen molar-refractivity contribution in [2.45, 2.75) is 20.4 Å². The maximum atomic E-state index is 11.6. The van der Waals surface area contributed by atoms with Gasteiger partial charge in [-0.25, -0.2) is 0 Å². The van der Waals surface area contributed by atoms with Crippen LogP contribution in [0.15, 0.2) is 30.3 Å². The minimum atomic E-state index is -0.219. The predicted octanol–water partition coefficient (Wildman–Crippen LogP) is 1.68. The van der Waals surface area contributed by atoms with Crippen molar-refractivity contribution < 1.29 is 14.6 Å². The van der Waals surface area contributed by atoms with E-state index >= 15 is 0 Å². The first kappa shape index (κ1) is 15.7. The SMILES string of the molecule is CCOC(=O)CN(Cc1ccccc1)CC(C)CO. The van der Waals surface area contributed by atoms with E-state index in [4.69, 9.17) is 9.84 Å². The summed E-state index contributed by atoms with van der Waals surface area (Å²) < 4.78 is 4.98. The first-order valence-electron chi connectivity index (χ1n) is 6.68. The lowest BCUT2D eigenvalue weighted by atomic mass is 10.1. The average Bonchev–Trinajstić information content (AvgIpc) is 2.39. The number of nitrogens with zero attached hydrogens (tertiary/aromatic N) is 1. The van der Waals surface area contributed by atoms with E-state index in [2.05, 4.69) is 0 Å². The molecule has 0 spiro atoms. The monoisotopic (exact) mass is 265 g/mol. The van der Waals surface area contributed by atoms with Crippen molar-refractivity contribution in [3.8, 4) is 0 Å². The van der Waals surface area contributed by atoms with Gasteiger partial charge in [0.1, 0.15) is 0 Å². The van der Waals surface area contributed by atoms with E-state index in [9.17, 15) is 4.79 Å². The zero-order valence-corrected chi connectivity index (χ0v) is 11.7. The van der Waals surface area contributed by atoms with Crippen LogP contribution in [0.5, 0.6) is 0 Å². The minimum absolute atomic E-state index is 0.119. The third-order valence-electron chi connectivity index (χ3n) is 2.79. The minimum Gasteiger partial charge on any atom is -0.465 e. The Morgan fingerprint density at radius 1 is 1.37 bits per heavy atom. The topological polar surface area (TPSA) is 49.8 Å². The molecule has 1 rings (SSSR count). The van der Waals surface area contributed by atoms with E-state index in [-0.39, 0.29) is 25.0 Å². The molecule has 19 heavy (non-hydrogen) atoms. The molecule has 0 aliphatic carbocycles. The van der Waals surface area contributed by atoms with Crippen molar-refractivity contribution in [1.82, 2.24) is 4.90 Å². The van der Waals surface area contributed by atoms with Gasteiger partial charge in [0.15, 0.2) is 0 Å². The molecular formula is C15H23NO3. The van der Waals surface area contributed by atoms with Gasteiger partial charge in [-0.1, -0.05) is 37.3 Å². The molecule has 0 saturated carbocycles. The number of esters is 1. The van der Waals surface area contributed by atoms with Crippen molar-refractivity contribution >= 4 is 5.97 Å². The number of hydrogen-bond acceptors (Lipinski definition) is 4. The number of carbonyl (C=O) groups excluding carboxylic acids is 1. The van der Waals surface area contributed by atoms with Crippen LogP contribution < -0.4 is 0 Å². The Morgan fingerprint density at radius 2 is 2.05 bits per heavy atom. The van der Waals surface area contributed by atoms with Crippen molar-refractivity contribution in [1.29, 1.82) is 0 Å².